The smallest absolute Gasteiger partial charge is 0.317 e. The lowest BCUT2D eigenvalue weighted by Crippen LogP contribution is -1.97. The van der Waals surface area contributed by atoms with Crippen molar-refractivity contribution in [3.05, 3.63) is 33.0 Å². The fourth-order valence-electron chi connectivity index (χ4n) is 0.939. The van der Waals surface area contributed by atoms with Gasteiger partial charge in [-0.2, -0.15) is 0 Å². The summed E-state index contributed by atoms with van der Waals surface area (Å²) in [4.78, 5) is 10.8. The van der Waals surface area contributed by atoms with Crippen LogP contribution in [0.2, 0.25) is 5.02 Å². The Balaban J connectivity index is 2.93. The highest BCUT2D eigenvalue weighted by molar-refractivity contribution is 9.10. The number of esters is 1. The van der Waals surface area contributed by atoms with E-state index in [2.05, 4.69) is 32.5 Å². The number of benzene rings is 1. The molecule has 0 aliphatic heterocycles. The van der Waals surface area contributed by atoms with Crippen LogP contribution in [0.1, 0.15) is 12.0 Å². The van der Waals surface area contributed by atoms with Gasteiger partial charge in [-0.3, -0.25) is 4.79 Å². The molecule has 1 aromatic rings. The molecule has 1 rings (SSSR count). The van der Waals surface area contributed by atoms with E-state index in [0.29, 0.717) is 4.47 Å². The molecule has 0 radical (unpaired) electrons. The van der Waals surface area contributed by atoms with E-state index in [1.165, 1.54) is 13.2 Å². The van der Waals surface area contributed by atoms with Crippen molar-refractivity contribution < 1.29 is 13.9 Å². The second-order valence-electron chi connectivity index (χ2n) is 2.80. The van der Waals surface area contributed by atoms with E-state index < -0.39 is 11.8 Å². The number of hydrogen-bond acceptors (Lipinski definition) is 2. The molecule has 0 aliphatic rings. The largest absolute Gasteiger partial charge is 0.468 e. The van der Waals surface area contributed by atoms with Gasteiger partial charge in [0.2, 0.25) is 0 Å². The number of methoxy groups -OCH3 is 1. The second kappa shape index (κ2) is 5.88. The minimum absolute atomic E-state index is 0.0784. The van der Waals surface area contributed by atoms with Crippen molar-refractivity contribution in [2.45, 2.75) is 6.42 Å². The molecule has 0 aliphatic carbocycles. The molecule has 1 aromatic carbocycles. The predicted octanol–water partition coefficient (Wildman–Crippen LogP) is 3.16. The van der Waals surface area contributed by atoms with Crippen molar-refractivity contribution in [1.29, 1.82) is 0 Å². The predicted molar refractivity (Wildman–Crippen MR) is 62.6 cm³/mol. The fraction of sp³-hybridized carbons (Fsp3) is 0.182. The second-order valence-corrected chi connectivity index (χ2v) is 4.09. The van der Waals surface area contributed by atoms with Crippen LogP contribution in [-0.2, 0) is 9.53 Å². The summed E-state index contributed by atoms with van der Waals surface area (Å²) in [6.45, 7) is 0. The van der Waals surface area contributed by atoms with Gasteiger partial charge in [-0.1, -0.05) is 23.4 Å². The molecule has 0 fully saturated rings. The maximum absolute atomic E-state index is 13.4. The maximum Gasteiger partial charge on any atom is 0.317 e. The topological polar surface area (TPSA) is 26.3 Å². The van der Waals surface area contributed by atoms with Crippen molar-refractivity contribution in [1.82, 2.24) is 0 Å². The van der Waals surface area contributed by atoms with E-state index in [4.69, 9.17) is 11.6 Å². The Bertz CT molecular complexity index is 454. The van der Waals surface area contributed by atoms with E-state index >= 15 is 0 Å². The maximum atomic E-state index is 13.4. The Morgan fingerprint density at radius 1 is 1.62 bits per heavy atom. The summed E-state index contributed by atoms with van der Waals surface area (Å²) in [5, 5.41) is 0.280. The number of rotatable bonds is 1. The van der Waals surface area contributed by atoms with Gasteiger partial charge in [0.25, 0.3) is 0 Å². The molecule has 0 saturated carbocycles. The molecule has 16 heavy (non-hydrogen) atoms. The molecule has 0 aromatic heterocycles. The van der Waals surface area contributed by atoms with Crippen LogP contribution < -0.4 is 0 Å². The molecule has 0 amide bonds. The minimum atomic E-state index is -0.531. The Hall–Kier alpha value is -1.05. The van der Waals surface area contributed by atoms with E-state index in [1.807, 2.05) is 0 Å². The van der Waals surface area contributed by atoms with Crippen LogP contribution in [0.5, 0.6) is 0 Å². The molecular weight excluding hydrogens is 298 g/mol. The zero-order valence-electron chi connectivity index (χ0n) is 8.31. The van der Waals surface area contributed by atoms with Crippen LogP contribution in [0.3, 0.4) is 0 Å². The SMILES string of the molecule is COC(=O)CC#Cc1c(F)cc(Cl)cc1Br. The molecule has 0 unspecified atom stereocenters. The zero-order chi connectivity index (χ0) is 12.1. The molecule has 84 valence electrons. The minimum Gasteiger partial charge on any atom is -0.468 e. The van der Waals surface area contributed by atoms with Crippen molar-refractivity contribution in [2.75, 3.05) is 7.11 Å². The van der Waals surface area contributed by atoms with Gasteiger partial charge < -0.3 is 4.74 Å². The molecule has 0 spiro atoms. The first kappa shape index (κ1) is 13.0. The van der Waals surface area contributed by atoms with Gasteiger partial charge in [0, 0.05) is 9.50 Å². The van der Waals surface area contributed by atoms with Crippen LogP contribution in [0.15, 0.2) is 16.6 Å². The van der Waals surface area contributed by atoms with Gasteiger partial charge in [0.05, 0.1) is 12.7 Å². The van der Waals surface area contributed by atoms with Gasteiger partial charge in [-0.15, -0.1) is 0 Å². The monoisotopic (exact) mass is 304 g/mol. The molecule has 0 heterocycles. The number of ether oxygens (including phenoxy) is 1. The van der Waals surface area contributed by atoms with E-state index in [9.17, 15) is 9.18 Å². The van der Waals surface area contributed by atoms with Crippen LogP contribution in [-0.4, -0.2) is 13.1 Å². The van der Waals surface area contributed by atoms with Crippen molar-refractivity contribution in [2.24, 2.45) is 0 Å². The van der Waals surface area contributed by atoms with Gasteiger partial charge in [-0.25, -0.2) is 4.39 Å². The highest BCUT2D eigenvalue weighted by Gasteiger charge is 2.06. The summed E-state index contributed by atoms with van der Waals surface area (Å²) in [6.07, 6.45) is -0.0784. The van der Waals surface area contributed by atoms with Crippen molar-refractivity contribution in [3.63, 3.8) is 0 Å². The van der Waals surface area contributed by atoms with Crippen LogP contribution >= 0.6 is 27.5 Å². The highest BCUT2D eigenvalue weighted by Crippen LogP contribution is 2.23. The van der Waals surface area contributed by atoms with Gasteiger partial charge in [0.1, 0.15) is 12.2 Å². The summed E-state index contributed by atoms with van der Waals surface area (Å²) in [5.74, 6) is 4.07. The number of halogens is 3. The molecule has 0 bridgehead atoms. The summed E-state index contributed by atoms with van der Waals surface area (Å²) in [5.41, 5.74) is 0.174. The first-order valence-electron chi connectivity index (χ1n) is 4.25. The third-order valence-corrected chi connectivity index (χ3v) is 2.52. The molecule has 2 nitrogen and oxygen atoms in total. The summed E-state index contributed by atoms with van der Waals surface area (Å²) >= 11 is 8.78. The zero-order valence-corrected chi connectivity index (χ0v) is 10.7. The van der Waals surface area contributed by atoms with Gasteiger partial charge in [0.15, 0.2) is 0 Å². The van der Waals surface area contributed by atoms with Crippen LogP contribution in [0, 0.1) is 17.7 Å². The lowest BCUT2D eigenvalue weighted by Gasteiger charge is -1.99. The summed E-state index contributed by atoms with van der Waals surface area (Å²) in [6, 6.07) is 2.70. The normalized spacial score (nSPS) is 9.25. The van der Waals surface area contributed by atoms with Crippen LogP contribution in [0.25, 0.3) is 0 Å². The van der Waals surface area contributed by atoms with Crippen molar-refractivity contribution >= 4 is 33.5 Å². The van der Waals surface area contributed by atoms with Crippen LogP contribution in [0.4, 0.5) is 4.39 Å². The molecule has 0 N–H and O–H groups in total. The Morgan fingerprint density at radius 2 is 2.31 bits per heavy atom. The third-order valence-electron chi connectivity index (χ3n) is 1.68. The number of carbonyl (C=O) groups excluding carboxylic acids is 1. The number of carbonyl (C=O) groups is 1. The average Bonchev–Trinajstić information content (AvgIpc) is 2.21. The quantitative estimate of drug-likeness (QED) is 0.588. The highest BCUT2D eigenvalue weighted by atomic mass is 79.9. The number of hydrogen-bond donors (Lipinski definition) is 0. The lowest BCUT2D eigenvalue weighted by atomic mass is 10.2. The summed E-state index contributed by atoms with van der Waals surface area (Å²) in [7, 11) is 1.27. The molecular formula is C11H7BrClFO2. The summed E-state index contributed by atoms with van der Waals surface area (Å²) < 4.78 is 18.2. The van der Waals surface area contributed by atoms with Crippen molar-refractivity contribution in [3.8, 4) is 11.8 Å². The Kier molecular flexibility index (Phi) is 4.78. The third kappa shape index (κ3) is 3.51. The fourth-order valence-corrected chi connectivity index (χ4v) is 1.81. The van der Waals surface area contributed by atoms with E-state index in [0.717, 1.165) is 6.07 Å². The Labute approximate surface area is 106 Å². The molecule has 0 atom stereocenters. The van der Waals surface area contributed by atoms with Gasteiger partial charge >= 0.3 is 5.97 Å². The molecule has 0 saturated heterocycles. The standard InChI is InChI=1S/C11H7BrClFO2/c1-16-11(15)4-2-3-8-9(12)5-7(13)6-10(8)14/h5-6H,4H2,1H3. The molecule has 5 heteroatoms. The van der Waals surface area contributed by atoms with E-state index in [-0.39, 0.29) is 17.0 Å². The Morgan fingerprint density at radius 3 is 2.88 bits per heavy atom. The first-order chi connectivity index (χ1) is 7.54. The average molecular weight is 306 g/mol. The first-order valence-corrected chi connectivity index (χ1v) is 5.42. The van der Waals surface area contributed by atoms with Gasteiger partial charge in [-0.05, 0) is 28.1 Å². The lowest BCUT2D eigenvalue weighted by molar-refractivity contribution is -0.139. The van der Waals surface area contributed by atoms with E-state index in [1.54, 1.807) is 0 Å².